The molecule has 2 rings (SSSR count). The quantitative estimate of drug-likeness (QED) is 0.396. The number of carbonyl (C=O) groups is 1. The van der Waals surface area contributed by atoms with Crippen molar-refractivity contribution in [1.29, 1.82) is 0 Å². The molecule has 1 aliphatic rings. The molecular weight excluding hydrogens is 362 g/mol. The zero-order valence-electron chi connectivity index (χ0n) is 18.8. The van der Waals surface area contributed by atoms with Gasteiger partial charge in [-0.15, -0.1) is 0 Å². The smallest absolute Gasteiger partial charge is 0.414 e. The van der Waals surface area contributed by atoms with E-state index in [4.69, 9.17) is 4.74 Å². The maximum absolute atomic E-state index is 12.5. The van der Waals surface area contributed by atoms with Crippen LogP contribution >= 0.6 is 0 Å². The molecule has 1 aromatic rings. The molecule has 0 radical (unpaired) electrons. The van der Waals surface area contributed by atoms with Gasteiger partial charge >= 0.3 is 6.09 Å². The zero-order chi connectivity index (χ0) is 21.6. The summed E-state index contributed by atoms with van der Waals surface area (Å²) in [6.45, 7) is 13.0. The van der Waals surface area contributed by atoms with E-state index in [0.717, 1.165) is 49.7 Å². The van der Waals surface area contributed by atoms with Crippen LogP contribution in [0.2, 0.25) is 0 Å². The van der Waals surface area contributed by atoms with Crippen molar-refractivity contribution in [2.24, 2.45) is 5.92 Å². The summed E-state index contributed by atoms with van der Waals surface area (Å²) in [5, 5.41) is 11.0. The number of unbranched alkanes of at least 4 members (excludes halogenated alkanes) is 2. The van der Waals surface area contributed by atoms with Crippen molar-refractivity contribution < 1.29 is 14.6 Å². The number of phenolic OH excluding ortho intramolecular Hbond substituents is 1. The molecule has 1 aliphatic carbocycles. The normalized spacial score (nSPS) is 18.9. The lowest BCUT2D eigenvalue weighted by molar-refractivity contribution is 0.164. The number of amides is 1. The number of phenols is 1. The Morgan fingerprint density at radius 2 is 2.03 bits per heavy atom. The number of nitrogens with zero attached hydrogens (tertiary/aromatic N) is 1. The molecule has 0 aromatic heterocycles. The van der Waals surface area contributed by atoms with Gasteiger partial charge in [0, 0.05) is 25.1 Å². The lowest BCUT2D eigenvalue weighted by Gasteiger charge is -2.32. The fourth-order valence-corrected chi connectivity index (χ4v) is 4.02. The Hall–Kier alpha value is -2.23. The molecule has 0 saturated heterocycles. The van der Waals surface area contributed by atoms with E-state index in [2.05, 4.69) is 26.5 Å². The largest absolute Gasteiger partial charge is 0.507 e. The maximum atomic E-state index is 12.5. The molecular formula is C25H37NO3. The van der Waals surface area contributed by atoms with Crippen molar-refractivity contribution >= 4 is 6.09 Å². The van der Waals surface area contributed by atoms with Crippen LogP contribution in [0.3, 0.4) is 0 Å². The molecule has 0 spiro atoms. The van der Waals surface area contributed by atoms with Crippen molar-refractivity contribution in [2.45, 2.75) is 72.1 Å². The van der Waals surface area contributed by atoms with E-state index in [1.165, 1.54) is 10.5 Å². The Morgan fingerprint density at radius 3 is 2.66 bits per heavy atom. The minimum absolute atomic E-state index is 0.0410. The van der Waals surface area contributed by atoms with Crippen molar-refractivity contribution in [3.05, 3.63) is 47.1 Å². The average Bonchev–Trinajstić information content (AvgIpc) is 2.67. The van der Waals surface area contributed by atoms with E-state index in [1.54, 1.807) is 7.05 Å². The number of hydrogen-bond donors (Lipinski definition) is 1. The lowest BCUT2D eigenvalue weighted by Crippen LogP contribution is -2.30. The van der Waals surface area contributed by atoms with Gasteiger partial charge in [0.25, 0.3) is 0 Å². The second kappa shape index (κ2) is 10.5. The van der Waals surface area contributed by atoms with Crippen LogP contribution in [0.15, 0.2) is 35.9 Å². The molecule has 0 aliphatic heterocycles. The lowest BCUT2D eigenvalue weighted by atomic mass is 9.73. The second-order valence-corrected chi connectivity index (χ2v) is 8.40. The van der Waals surface area contributed by atoms with Gasteiger partial charge in [0.1, 0.15) is 11.5 Å². The highest BCUT2D eigenvalue weighted by molar-refractivity contribution is 5.72. The maximum Gasteiger partial charge on any atom is 0.414 e. The van der Waals surface area contributed by atoms with E-state index < -0.39 is 6.09 Å². The van der Waals surface area contributed by atoms with Crippen LogP contribution in [0.5, 0.6) is 11.5 Å². The van der Waals surface area contributed by atoms with Crippen LogP contribution in [0, 0.1) is 5.92 Å². The van der Waals surface area contributed by atoms with E-state index in [9.17, 15) is 9.90 Å². The van der Waals surface area contributed by atoms with Crippen LogP contribution in [0.1, 0.15) is 76.8 Å². The van der Waals surface area contributed by atoms with Crippen LogP contribution in [0.4, 0.5) is 4.79 Å². The van der Waals surface area contributed by atoms with Crippen LogP contribution in [-0.4, -0.2) is 29.7 Å². The van der Waals surface area contributed by atoms with Crippen LogP contribution in [-0.2, 0) is 6.42 Å². The molecule has 4 nitrogen and oxygen atoms in total. The summed E-state index contributed by atoms with van der Waals surface area (Å²) in [5.41, 5.74) is 4.09. The summed E-state index contributed by atoms with van der Waals surface area (Å²) in [5.74, 6) is 0.865. The molecule has 2 atom stereocenters. The highest BCUT2D eigenvalue weighted by Crippen LogP contribution is 2.47. The molecule has 160 valence electrons. The van der Waals surface area contributed by atoms with Gasteiger partial charge in [-0.1, -0.05) is 43.6 Å². The third kappa shape index (κ3) is 5.88. The first kappa shape index (κ1) is 23.1. The number of aromatic hydroxyl groups is 1. The minimum atomic E-state index is -0.401. The molecule has 1 aromatic carbocycles. The fraction of sp³-hybridized carbons (Fsp3) is 0.560. The van der Waals surface area contributed by atoms with Crippen molar-refractivity contribution in [2.75, 3.05) is 13.6 Å². The van der Waals surface area contributed by atoms with Crippen LogP contribution < -0.4 is 4.74 Å². The summed E-state index contributed by atoms with van der Waals surface area (Å²) in [7, 11) is 1.72. The third-order valence-electron chi connectivity index (χ3n) is 5.95. The first-order valence-electron chi connectivity index (χ1n) is 10.9. The first-order chi connectivity index (χ1) is 13.8. The number of aryl methyl sites for hydroxylation is 1. The zero-order valence-corrected chi connectivity index (χ0v) is 18.8. The van der Waals surface area contributed by atoms with Crippen LogP contribution in [0.25, 0.3) is 0 Å². The molecule has 29 heavy (non-hydrogen) atoms. The van der Waals surface area contributed by atoms with Crippen molar-refractivity contribution in [3.63, 3.8) is 0 Å². The summed E-state index contributed by atoms with van der Waals surface area (Å²) in [6.07, 6.45) is 8.00. The van der Waals surface area contributed by atoms with Gasteiger partial charge in [-0.3, -0.25) is 0 Å². The van der Waals surface area contributed by atoms with Gasteiger partial charge in [-0.25, -0.2) is 4.79 Å². The Labute approximate surface area is 176 Å². The van der Waals surface area contributed by atoms with Crippen molar-refractivity contribution in [3.8, 4) is 11.5 Å². The monoisotopic (exact) mass is 399 g/mol. The Balaban J connectivity index is 2.51. The Morgan fingerprint density at radius 1 is 1.31 bits per heavy atom. The summed E-state index contributed by atoms with van der Waals surface area (Å²) in [6, 6.07) is 3.79. The number of ether oxygens (including phenoxy) is 1. The second-order valence-electron chi connectivity index (χ2n) is 8.40. The number of rotatable bonds is 8. The summed E-state index contributed by atoms with van der Waals surface area (Å²) >= 11 is 0. The molecule has 4 heteroatoms. The molecule has 0 heterocycles. The third-order valence-corrected chi connectivity index (χ3v) is 5.95. The molecule has 0 fully saturated rings. The summed E-state index contributed by atoms with van der Waals surface area (Å²) < 4.78 is 5.81. The van der Waals surface area contributed by atoms with Gasteiger partial charge < -0.3 is 14.7 Å². The number of allylic oxidation sites excluding steroid dienone is 3. The van der Waals surface area contributed by atoms with Gasteiger partial charge in [0.05, 0.1) is 0 Å². The van der Waals surface area contributed by atoms with E-state index in [-0.39, 0.29) is 17.6 Å². The number of benzene rings is 1. The Bertz CT molecular complexity index is 766. The van der Waals surface area contributed by atoms with Gasteiger partial charge in [-0.2, -0.15) is 0 Å². The van der Waals surface area contributed by atoms with Gasteiger partial charge in [0.2, 0.25) is 0 Å². The molecule has 0 bridgehead atoms. The van der Waals surface area contributed by atoms with Gasteiger partial charge in [-0.05, 0) is 70.1 Å². The fourth-order valence-electron chi connectivity index (χ4n) is 4.02. The number of hydrogen-bond acceptors (Lipinski definition) is 3. The summed E-state index contributed by atoms with van der Waals surface area (Å²) in [4.78, 5) is 14.1. The first-order valence-corrected chi connectivity index (χ1v) is 10.9. The van der Waals surface area contributed by atoms with E-state index in [0.29, 0.717) is 17.9 Å². The molecule has 1 N–H and O–H groups in total. The molecule has 0 unspecified atom stereocenters. The minimum Gasteiger partial charge on any atom is -0.507 e. The SMILES string of the molecule is C=C(C)[C@@H]1CCC(C)=C[C@H]1c1c(O)cc(CCCCC)cc1OC(=O)N(C)CC. The van der Waals surface area contributed by atoms with Gasteiger partial charge in [0.15, 0.2) is 0 Å². The average molecular weight is 400 g/mol. The molecule has 1 amide bonds. The van der Waals surface area contributed by atoms with E-state index >= 15 is 0 Å². The predicted molar refractivity (Wildman–Crippen MR) is 120 cm³/mol. The Kier molecular flexibility index (Phi) is 8.36. The highest BCUT2D eigenvalue weighted by atomic mass is 16.6. The predicted octanol–water partition coefficient (Wildman–Crippen LogP) is 6.59. The highest BCUT2D eigenvalue weighted by Gasteiger charge is 2.31. The standard InChI is InChI=1S/C25H37NO3/c1-7-9-10-11-19-15-22(27)24(23(16-19)29-25(28)26(6)8-2)21-14-18(5)12-13-20(21)17(3)4/h14-16,20-21,27H,3,7-13H2,1-2,4-6H3/t20-,21+/m0/s1. The number of carbonyl (C=O) groups excluding carboxylic acids is 1. The van der Waals surface area contributed by atoms with E-state index in [1.807, 2.05) is 26.0 Å². The van der Waals surface area contributed by atoms with Crippen molar-refractivity contribution in [1.82, 2.24) is 4.90 Å². The molecule has 0 saturated carbocycles. The topological polar surface area (TPSA) is 49.8 Å².